The van der Waals surface area contributed by atoms with Gasteiger partial charge in [0.1, 0.15) is 16.3 Å². The first-order valence-electron chi connectivity index (χ1n) is 6.97. The maximum atomic E-state index is 13.5. The lowest BCUT2D eigenvalue weighted by molar-refractivity contribution is 0.232. The highest BCUT2D eigenvalue weighted by Crippen LogP contribution is 2.28. The molecule has 0 spiro atoms. The lowest BCUT2D eigenvalue weighted by atomic mass is 10.1. The predicted molar refractivity (Wildman–Crippen MR) is 83.0 cm³/mol. The largest absolute Gasteiger partial charge is 0.598 e. The molecule has 2 atom stereocenters. The Labute approximate surface area is 129 Å². The summed E-state index contributed by atoms with van der Waals surface area (Å²) in [4.78, 5) is 0. The van der Waals surface area contributed by atoms with Gasteiger partial charge in [-0.25, -0.2) is 4.39 Å². The number of hydrogen-bond donors (Lipinski definition) is 2. The average Bonchev–Trinajstić information content (AvgIpc) is 2.39. The summed E-state index contributed by atoms with van der Waals surface area (Å²) in [7, 11) is 0. The third-order valence-electron chi connectivity index (χ3n) is 2.84. The Morgan fingerprint density at radius 1 is 1.43 bits per heavy atom. The molecule has 0 radical (unpaired) electrons. The number of benzene rings is 1. The summed E-state index contributed by atoms with van der Waals surface area (Å²) in [6.45, 7) is 7.81. The molecule has 1 rings (SSSR count). The van der Waals surface area contributed by atoms with E-state index in [0.717, 1.165) is 0 Å². The fourth-order valence-electron chi connectivity index (χ4n) is 1.64. The summed E-state index contributed by atoms with van der Waals surface area (Å²) in [6.07, 6.45) is 0.506. The van der Waals surface area contributed by atoms with E-state index in [-0.39, 0.29) is 18.5 Å². The van der Waals surface area contributed by atoms with Gasteiger partial charge in [-0.2, -0.15) is 0 Å². The van der Waals surface area contributed by atoms with Crippen molar-refractivity contribution in [2.75, 3.05) is 13.2 Å². The minimum absolute atomic E-state index is 0.0401. The second kappa shape index (κ2) is 7.98. The highest BCUT2D eigenvalue weighted by Gasteiger charge is 2.29. The highest BCUT2D eigenvalue weighted by atomic mass is 32.2. The SMILES string of the molecule is C[C@@H](N[S+]([O-])C(C)(C)C)c1cc(F)ccc1OCCCO. The summed E-state index contributed by atoms with van der Waals surface area (Å²) >= 11 is -1.26. The van der Waals surface area contributed by atoms with Crippen molar-refractivity contribution < 1.29 is 18.8 Å². The predicted octanol–water partition coefficient (Wildman–Crippen LogP) is 2.70. The minimum atomic E-state index is -1.26. The number of aliphatic hydroxyl groups is 1. The maximum Gasteiger partial charge on any atom is 0.136 e. The summed E-state index contributed by atoms with van der Waals surface area (Å²) in [6, 6.07) is 3.95. The van der Waals surface area contributed by atoms with Crippen molar-refractivity contribution in [3.05, 3.63) is 29.6 Å². The first-order chi connectivity index (χ1) is 9.75. The van der Waals surface area contributed by atoms with Crippen LogP contribution in [0.5, 0.6) is 5.75 Å². The van der Waals surface area contributed by atoms with E-state index in [2.05, 4.69) is 4.72 Å². The number of rotatable bonds is 7. The molecule has 6 heteroatoms. The molecule has 1 aromatic carbocycles. The standard InChI is InChI=1S/C15H24FNO3S/c1-11(17-21(19)15(2,3)4)13-10-12(16)6-7-14(13)20-9-5-8-18/h6-7,10-11,17-18H,5,8-9H2,1-4H3/t11-,21?/m1/s1. The third-order valence-corrected chi connectivity index (χ3v) is 4.52. The summed E-state index contributed by atoms with van der Waals surface area (Å²) in [5.41, 5.74) is 0.616. The molecule has 0 aliphatic heterocycles. The monoisotopic (exact) mass is 317 g/mol. The Morgan fingerprint density at radius 2 is 2.10 bits per heavy atom. The molecule has 0 aliphatic rings. The highest BCUT2D eigenvalue weighted by molar-refractivity contribution is 7.90. The van der Waals surface area contributed by atoms with Crippen molar-refractivity contribution in [3.63, 3.8) is 0 Å². The lowest BCUT2D eigenvalue weighted by Gasteiger charge is -2.27. The lowest BCUT2D eigenvalue weighted by Crippen LogP contribution is -2.40. The second-order valence-electron chi connectivity index (χ2n) is 5.83. The topological polar surface area (TPSA) is 64.5 Å². The summed E-state index contributed by atoms with van der Waals surface area (Å²) in [5, 5.41) is 8.78. The number of hydrogen-bond acceptors (Lipinski definition) is 4. The van der Waals surface area contributed by atoms with Gasteiger partial charge in [0.05, 0.1) is 12.6 Å². The van der Waals surface area contributed by atoms with E-state index < -0.39 is 16.1 Å². The van der Waals surface area contributed by atoms with Crippen molar-refractivity contribution in [1.29, 1.82) is 0 Å². The number of ether oxygens (including phenoxy) is 1. The van der Waals surface area contributed by atoms with Crippen LogP contribution in [-0.4, -0.2) is 27.6 Å². The molecule has 0 fully saturated rings. The van der Waals surface area contributed by atoms with Gasteiger partial charge in [-0.1, -0.05) is 0 Å². The van der Waals surface area contributed by atoms with Crippen LogP contribution < -0.4 is 9.46 Å². The molecule has 21 heavy (non-hydrogen) atoms. The van der Waals surface area contributed by atoms with Crippen LogP contribution in [0.15, 0.2) is 18.2 Å². The van der Waals surface area contributed by atoms with Crippen molar-refractivity contribution >= 4 is 11.4 Å². The van der Waals surface area contributed by atoms with Gasteiger partial charge in [0.25, 0.3) is 0 Å². The molecule has 0 saturated carbocycles. The Kier molecular flexibility index (Phi) is 6.93. The van der Waals surface area contributed by atoms with Crippen LogP contribution in [0.25, 0.3) is 0 Å². The van der Waals surface area contributed by atoms with E-state index in [4.69, 9.17) is 9.84 Å². The van der Waals surface area contributed by atoms with E-state index in [0.29, 0.717) is 24.3 Å². The molecule has 0 aromatic heterocycles. The molecule has 1 unspecified atom stereocenters. The zero-order valence-corrected chi connectivity index (χ0v) is 13.8. The Hall–Kier alpha value is -0.820. The summed E-state index contributed by atoms with van der Waals surface area (Å²) < 4.78 is 33.7. The molecule has 4 nitrogen and oxygen atoms in total. The van der Waals surface area contributed by atoms with Gasteiger partial charge in [0.15, 0.2) is 0 Å². The van der Waals surface area contributed by atoms with Gasteiger partial charge in [0, 0.05) is 30.0 Å². The van der Waals surface area contributed by atoms with E-state index in [1.54, 1.807) is 6.07 Å². The number of nitrogens with one attached hydrogen (secondary N) is 1. The molecule has 0 bridgehead atoms. The van der Waals surface area contributed by atoms with Gasteiger partial charge in [-0.3, -0.25) is 0 Å². The van der Waals surface area contributed by atoms with Crippen molar-refractivity contribution in [2.24, 2.45) is 0 Å². The van der Waals surface area contributed by atoms with Crippen LogP contribution in [0.1, 0.15) is 45.7 Å². The zero-order chi connectivity index (χ0) is 16.0. The van der Waals surface area contributed by atoms with Crippen molar-refractivity contribution in [1.82, 2.24) is 4.72 Å². The maximum absolute atomic E-state index is 13.5. The Morgan fingerprint density at radius 3 is 2.67 bits per heavy atom. The zero-order valence-electron chi connectivity index (χ0n) is 13.0. The normalized spacial score (nSPS) is 14.8. The third kappa shape index (κ3) is 5.82. The van der Waals surface area contributed by atoms with Crippen LogP contribution >= 0.6 is 0 Å². The molecular formula is C15H24FNO3S. The van der Waals surface area contributed by atoms with Gasteiger partial charge in [-0.05, 0) is 45.9 Å². The molecule has 0 saturated heterocycles. The molecular weight excluding hydrogens is 293 g/mol. The molecule has 0 aliphatic carbocycles. The average molecular weight is 317 g/mol. The van der Waals surface area contributed by atoms with Gasteiger partial charge in [0.2, 0.25) is 0 Å². The molecule has 2 N–H and O–H groups in total. The fraction of sp³-hybridized carbons (Fsp3) is 0.600. The van der Waals surface area contributed by atoms with Crippen LogP contribution in [-0.2, 0) is 11.4 Å². The fourth-order valence-corrected chi connectivity index (χ4v) is 2.44. The Bertz CT molecular complexity index is 451. The number of halogens is 1. The molecule has 0 amide bonds. The van der Waals surface area contributed by atoms with E-state index in [1.165, 1.54) is 12.1 Å². The molecule has 0 heterocycles. The van der Waals surface area contributed by atoms with Gasteiger partial charge >= 0.3 is 0 Å². The van der Waals surface area contributed by atoms with Crippen LogP contribution in [0.3, 0.4) is 0 Å². The first-order valence-corrected chi connectivity index (χ1v) is 8.12. The van der Waals surface area contributed by atoms with E-state index in [1.807, 2.05) is 27.7 Å². The number of aliphatic hydroxyl groups excluding tert-OH is 1. The van der Waals surface area contributed by atoms with Crippen LogP contribution in [0, 0.1) is 5.82 Å². The van der Waals surface area contributed by atoms with Gasteiger partial charge in [-0.15, -0.1) is 4.72 Å². The smallest absolute Gasteiger partial charge is 0.136 e. The van der Waals surface area contributed by atoms with E-state index >= 15 is 0 Å². The van der Waals surface area contributed by atoms with Crippen LogP contribution in [0.2, 0.25) is 0 Å². The van der Waals surface area contributed by atoms with E-state index in [9.17, 15) is 8.94 Å². The Balaban J connectivity index is 2.85. The van der Waals surface area contributed by atoms with Crippen molar-refractivity contribution in [2.45, 2.75) is 44.9 Å². The van der Waals surface area contributed by atoms with Crippen molar-refractivity contribution in [3.8, 4) is 5.75 Å². The quantitative estimate of drug-likeness (QED) is 0.599. The summed E-state index contributed by atoms with van der Waals surface area (Å²) in [5.74, 6) is 0.172. The molecule has 1 aromatic rings. The van der Waals surface area contributed by atoms with Gasteiger partial charge < -0.3 is 14.4 Å². The second-order valence-corrected chi connectivity index (χ2v) is 7.83. The molecule has 120 valence electrons. The van der Waals surface area contributed by atoms with Crippen LogP contribution in [0.4, 0.5) is 4.39 Å². The minimum Gasteiger partial charge on any atom is -0.598 e. The first kappa shape index (κ1) is 18.2.